The van der Waals surface area contributed by atoms with E-state index >= 15 is 0 Å². The van der Waals surface area contributed by atoms with Crippen molar-refractivity contribution in [1.82, 2.24) is 4.98 Å². The Labute approximate surface area is 126 Å². The fourth-order valence-electron chi connectivity index (χ4n) is 3.07. The molecule has 3 rings (SSSR count). The Balaban J connectivity index is 2.04. The van der Waals surface area contributed by atoms with Crippen LogP contribution in [-0.2, 0) is 6.42 Å². The van der Waals surface area contributed by atoms with Gasteiger partial charge in [0.1, 0.15) is 5.69 Å². The predicted octanol–water partition coefficient (Wildman–Crippen LogP) is 3.59. The lowest BCUT2D eigenvalue weighted by Crippen LogP contribution is -2.18. The summed E-state index contributed by atoms with van der Waals surface area (Å²) in [5, 5.41) is 9.80. The maximum atomic E-state index is 12.4. The summed E-state index contributed by atoms with van der Waals surface area (Å²) in [5.41, 5.74) is 2.80. The molecule has 2 N–H and O–H groups in total. The molecule has 0 fully saturated rings. The average Bonchev–Trinajstić information content (AvgIpc) is 2.77. The van der Waals surface area contributed by atoms with Gasteiger partial charge in [-0.3, -0.25) is 4.79 Å². The monoisotopic (exact) mass is 303 g/mol. The van der Waals surface area contributed by atoms with Gasteiger partial charge < -0.3 is 10.1 Å². The maximum absolute atomic E-state index is 12.4. The zero-order valence-corrected chi connectivity index (χ0v) is 12.2. The van der Waals surface area contributed by atoms with E-state index in [1.807, 2.05) is 18.2 Å². The second kappa shape index (κ2) is 5.04. The lowest BCUT2D eigenvalue weighted by molar-refractivity contribution is 0.0690. The van der Waals surface area contributed by atoms with E-state index in [9.17, 15) is 9.59 Å². The van der Waals surface area contributed by atoms with Gasteiger partial charge in [0, 0.05) is 22.7 Å². The molecule has 1 heterocycles. The Morgan fingerprint density at radius 3 is 2.71 bits per heavy atom. The Morgan fingerprint density at radius 1 is 1.33 bits per heavy atom. The van der Waals surface area contributed by atoms with Gasteiger partial charge in [0.2, 0.25) is 0 Å². The molecule has 21 heavy (non-hydrogen) atoms. The molecule has 0 unspecified atom stereocenters. The van der Waals surface area contributed by atoms with Gasteiger partial charge in [-0.15, -0.1) is 0 Å². The molecule has 0 spiro atoms. The molecule has 0 bridgehead atoms. The fourth-order valence-corrected chi connectivity index (χ4v) is 3.36. The van der Waals surface area contributed by atoms with Crippen LogP contribution in [0.1, 0.15) is 50.0 Å². The number of halogens is 1. The van der Waals surface area contributed by atoms with Gasteiger partial charge in [0.15, 0.2) is 5.78 Å². The Hall–Kier alpha value is -2.07. The van der Waals surface area contributed by atoms with E-state index in [2.05, 4.69) is 4.98 Å². The fraction of sp³-hybridized carbons (Fsp3) is 0.250. The van der Waals surface area contributed by atoms with E-state index in [0.717, 1.165) is 5.56 Å². The molecule has 1 atom stereocenters. The number of hydrogen-bond donors (Lipinski definition) is 2. The number of aromatic carboxylic acids is 1. The van der Waals surface area contributed by atoms with Crippen LogP contribution < -0.4 is 0 Å². The third-order valence-electron chi connectivity index (χ3n) is 4.05. The van der Waals surface area contributed by atoms with Gasteiger partial charge in [0.25, 0.3) is 0 Å². The molecule has 0 amide bonds. The number of aromatic nitrogens is 1. The summed E-state index contributed by atoms with van der Waals surface area (Å²) in [6.45, 7) is 1.67. The summed E-state index contributed by atoms with van der Waals surface area (Å²) in [6, 6.07) is 7.46. The molecular formula is C16H14ClNO3. The SMILES string of the molecule is Cc1c(C(=O)O)[nH]c2c1C(=O)C[C@H](c1ccccc1Cl)C2. The quantitative estimate of drug-likeness (QED) is 0.890. The molecule has 108 valence electrons. The van der Waals surface area contributed by atoms with Crippen LogP contribution in [0.25, 0.3) is 0 Å². The normalized spacial score (nSPS) is 17.6. The average molecular weight is 304 g/mol. The first-order valence-electron chi connectivity index (χ1n) is 6.71. The van der Waals surface area contributed by atoms with Crippen LogP contribution >= 0.6 is 11.6 Å². The van der Waals surface area contributed by atoms with Gasteiger partial charge in [-0.05, 0) is 36.5 Å². The smallest absolute Gasteiger partial charge is 0.352 e. The zero-order chi connectivity index (χ0) is 15.1. The maximum Gasteiger partial charge on any atom is 0.352 e. The third-order valence-corrected chi connectivity index (χ3v) is 4.39. The number of ketones is 1. The Kier molecular flexibility index (Phi) is 3.33. The molecule has 4 nitrogen and oxygen atoms in total. The lowest BCUT2D eigenvalue weighted by atomic mass is 9.81. The van der Waals surface area contributed by atoms with E-state index in [-0.39, 0.29) is 17.4 Å². The number of Topliss-reactive ketones (excluding diaryl/α,β-unsaturated/α-hetero) is 1. The number of nitrogens with one attached hydrogen (secondary N) is 1. The molecule has 1 aliphatic carbocycles. The van der Waals surface area contributed by atoms with Gasteiger partial charge in [-0.2, -0.15) is 0 Å². The summed E-state index contributed by atoms with van der Waals surface area (Å²) >= 11 is 6.20. The van der Waals surface area contributed by atoms with E-state index in [1.165, 1.54) is 0 Å². The minimum atomic E-state index is -1.04. The van der Waals surface area contributed by atoms with Gasteiger partial charge >= 0.3 is 5.97 Å². The van der Waals surface area contributed by atoms with E-state index in [0.29, 0.717) is 34.7 Å². The van der Waals surface area contributed by atoms with Gasteiger partial charge in [-0.1, -0.05) is 29.8 Å². The van der Waals surface area contributed by atoms with Crippen LogP contribution in [-0.4, -0.2) is 21.8 Å². The number of aromatic amines is 1. The van der Waals surface area contributed by atoms with Crippen LogP contribution in [0, 0.1) is 6.92 Å². The number of carbonyl (C=O) groups excluding carboxylic acids is 1. The highest BCUT2D eigenvalue weighted by Gasteiger charge is 2.32. The van der Waals surface area contributed by atoms with Crippen molar-refractivity contribution in [2.45, 2.75) is 25.7 Å². The largest absolute Gasteiger partial charge is 0.477 e. The first-order chi connectivity index (χ1) is 9.99. The molecule has 2 aromatic rings. The highest BCUT2D eigenvalue weighted by Crippen LogP contribution is 2.37. The van der Waals surface area contributed by atoms with Crippen molar-refractivity contribution in [2.24, 2.45) is 0 Å². The van der Waals surface area contributed by atoms with Crippen molar-refractivity contribution in [3.63, 3.8) is 0 Å². The second-order valence-corrected chi connectivity index (χ2v) is 5.74. The summed E-state index contributed by atoms with van der Waals surface area (Å²) in [4.78, 5) is 26.5. The first-order valence-corrected chi connectivity index (χ1v) is 7.09. The first kappa shape index (κ1) is 13.9. The second-order valence-electron chi connectivity index (χ2n) is 5.33. The number of rotatable bonds is 2. The predicted molar refractivity (Wildman–Crippen MR) is 79.3 cm³/mol. The third kappa shape index (κ3) is 2.25. The van der Waals surface area contributed by atoms with Crippen LogP contribution in [0.3, 0.4) is 0 Å². The number of hydrogen-bond acceptors (Lipinski definition) is 2. The van der Waals surface area contributed by atoms with Crippen molar-refractivity contribution >= 4 is 23.4 Å². The topological polar surface area (TPSA) is 70.2 Å². The van der Waals surface area contributed by atoms with E-state index in [1.54, 1.807) is 13.0 Å². The molecular weight excluding hydrogens is 290 g/mol. The van der Waals surface area contributed by atoms with Crippen molar-refractivity contribution in [3.8, 4) is 0 Å². The zero-order valence-electron chi connectivity index (χ0n) is 11.4. The Morgan fingerprint density at radius 2 is 2.05 bits per heavy atom. The lowest BCUT2D eigenvalue weighted by Gasteiger charge is -2.22. The summed E-state index contributed by atoms with van der Waals surface area (Å²) in [6.07, 6.45) is 0.952. The van der Waals surface area contributed by atoms with Gasteiger partial charge in [-0.25, -0.2) is 4.79 Å². The van der Waals surface area contributed by atoms with Crippen molar-refractivity contribution in [2.75, 3.05) is 0 Å². The number of fused-ring (bicyclic) bond motifs is 1. The van der Waals surface area contributed by atoms with Crippen LogP contribution in [0.5, 0.6) is 0 Å². The van der Waals surface area contributed by atoms with E-state index < -0.39 is 5.97 Å². The Bertz CT molecular complexity index is 748. The number of carboxylic acids is 1. The standard InChI is InChI=1S/C16H14ClNO3/c1-8-14-12(18-15(8)16(20)21)6-9(7-13(14)19)10-4-2-3-5-11(10)17/h2-5,9,18H,6-7H2,1H3,(H,20,21)/t9-/m1/s1. The van der Waals surface area contributed by atoms with E-state index in [4.69, 9.17) is 16.7 Å². The molecule has 0 aliphatic heterocycles. The van der Waals surface area contributed by atoms with Crippen molar-refractivity contribution in [1.29, 1.82) is 0 Å². The molecule has 1 aliphatic rings. The number of H-pyrrole nitrogens is 1. The highest BCUT2D eigenvalue weighted by molar-refractivity contribution is 6.31. The van der Waals surface area contributed by atoms with Crippen LogP contribution in [0.15, 0.2) is 24.3 Å². The van der Waals surface area contributed by atoms with Crippen molar-refractivity contribution in [3.05, 3.63) is 57.4 Å². The minimum Gasteiger partial charge on any atom is -0.477 e. The molecule has 0 saturated heterocycles. The minimum absolute atomic E-state index is 0.0154. The summed E-state index contributed by atoms with van der Waals surface area (Å²) < 4.78 is 0. The number of carboxylic acid groups (broad SMARTS) is 1. The molecule has 1 aromatic carbocycles. The molecule has 5 heteroatoms. The molecule has 1 aromatic heterocycles. The van der Waals surface area contributed by atoms with Crippen molar-refractivity contribution < 1.29 is 14.7 Å². The highest BCUT2D eigenvalue weighted by atomic mass is 35.5. The van der Waals surface area contributed by atoms with Gasteiger partial charge in [0.05, 0.1) is 0 Å². The molecule has 0 saturated carbocycles. The van der Waals surface area contributed by atoms with Crippen LogP contribution in [0.2, 0.25) is 5.02 Å². The number of carbonyl (C=O) groups is 2. The summed E-state index contributed by atoms with van der Waals surface area (Å²) in [5.74, 6) is -1.08. The van der Waals surface area contributed by atoms with Crippen LogP contribution in [0.4, 0.5) is 0 Å². The summed E-state index contributed by atoms with van der Waals surface area (Å²) in [7, 11) is 0. The number of benzene rings is 1. The molecule has 0 radical (unpaired) electrons.